The number of azide groups is 3. The predicted octanol–water partition coefficient (Wildman–Crippen LogP) is 3.73. The van der Waals surface area contributed by atoms with Gasteiger partial charge in [0, 0.05) is 59.2 Å². The highest BCUT2D eigenvalue weighted by molar-refractivity contribution is 5.79. The molecule has 0 radical (unpaired) electrons. The second-order valence-electron chi connectivity index (χ2n) is 6.60. The first-order chi connectivity index (χ1) is 15.1. The summed E-state index contributed by atoms with van der Waals surface area (Å²) >= 11 is 0. The van der Waals surface area contributed by atoms with E-state index < -0.39 is 5.41 Å². The largest absolute Gasteiger partial charge is 0.381 e. The average molecular weight is 441 g/mol. The number of ketones is 1. The molecule has 0 amide bonds. The number of carbonyl (C=O) groups excluding carboxylic acids is 1. The molecule has 0 atom stereocenters. The molecule has 0 aliphatic carbocycles. The van der Waals surface area contributed by atoms with E-state index in [2.05, 4.69) is 30.1 Å². The molecule has 174 valence electrons. The average Bonchev–Trinajstić information content (AvgIpc) is 2.76. The Kier molecular flexibility index (Phi) is 19.0. The molecule has 0 bridgehead atoms. The van der Waals surface area contributed by atoms with Crippen LogP contribution in [-0.4, -0.2) is 78.3 Å². The fraction of sp³-hybridized carbons (Fsp3) is 0.941. The second-order valence-corrected chi connectivity index (χ2v) is 6.60. The van der Waals surface area contributed by atoms with Crippen LogP contribution in [0.5, 0.6) is 0 Å². The minimum absolute atomic E-state index is 0.0351. The van der Waals surface area contributed by atoms with Crippen molar-refractivity contribution < 1.29 is 23.7 Å². The molecule has 0 aliphatic rings. The maximum atomic E-state index is 12.6. The summed E-state index contributed by atoms with van der Waals surface area (Å²) in [5.41, 5.74) is 24.3. The van der Waals surface area contributed by atoms with Crippen molar-refractivity contribution in [2.24, 2.45) is 20.8 Å². The Hall–Kier alpha value is -2.56. The van der Waals surface area contributed by atoms with Gasteiger partial charge in [-0.3, -0.25) is 4.79 Å². The van der Waals surface area contributed by atoms with Crippen molar-refractivity contribution in [3.8, 4) is 0 Å². The van der Waals surface area contributed by atoms with Crippen molar-refractivity contribution in [3.63, 3.8) is 0 Å². The van der Waals surface area contributed by atoms with E-state index >= 15 is 0 Å². The van der Waals surface area contributed by atoms with Crippen LogP contribution in [0.1, 0.15) is 26.2 Å². The van der Waals surface area contributed by atoms with Gasteiger partial charge in [0.25, 0.3) is 0 Å². The van der Waals surface area contributed by atoms with Gasteiger partial charge in [0.15, 0.2) is 0 Å². The minimum atomic E-state index is -0.815. The van der Waals surface area contributed by atoms with Crippen LogP contribution in [0.4, 0.5) is 0 Å². The molecule has 14 nitrogen and oxygen atoms in total. The zero-order chi connectivity index (χ0) is 23.0. The topological polar surface area (TPSA) is 200 Å². The Morgan fingerprint density at radius 1 is 0.742 bits per heavy atom. The fourth-order valence-electron chi connectivity index (χ4n) is 2.53. The summed E-state index contributed by atoms with van der Waals surface area (Å²) in [6.07, 6.45) is 1.24. The van der Waals surface area contributed by atoms with Gasteiger partial charge in [-0.05, 0) is 23.0 Å². The first-order valence-corrected chi connectivity index (χ1v) is 9.99. The van der Waals surface area contributed by atoms with E-state index in [1.807, 2.05) is 6.92 Å². The SMILES string of the molecule is CCCOCCC(=O)CC(COCCN=[N+]=[N-])(COCCN=[N+]=[N-])COCCN=[N+]=[N-]. The summed E-state index contributed by atoms with van der Waals surface area (Å²) in [4.78, 5) is 20.6. The number of carbonyl (C=O) groups is 1. The lowest BCUT2D eigenvalue weighted by atomic mass is 9.84. The highest BCUT2D eigenvalue weighted by Crippen LogP contribution is 2.26. The van der Waals surface area contributed by atoms with Crippen LogP contribution in [-0.2, 0) is 23.7 Å². The number of Topliss-reactive ketones (excluding diaryl/α,β-unsaturated/α-hetero) is 1. The molecule has 0 aromatic rings. The summed E-state index contributed by atoms with van der Waals surface area (Å²) in [6.45, 7) is 4.27. The van der Waals surface area contributed by atoms with Crippen molar-refractivity contribution in [2.45, 2.75) is 26.2 Å². The van der Waals surface area contributed by atoms with Crippen LogP contribution in [0.3, 0.4) is 0 Å². The van der Waals surface area contributed by atoms with Gasteiger partial charge in [-0.15, -0.1) is 0 Å². The Labute approximate surface area is 181 Å². The molecule has 0 unspecified atom stereocenters. The van der Waals surface area contributed by atoms with E-state index in [1.54, 1.807) is 0 Å². The Morgan fingerprint density at radius 2 is 1.19 bits per heavy atom. The van der Waals surface area contributed by atoms with Gasteiger partial charge in [0.2, 0.25) is 0 Å². The zero-order valence-corrected chi connectivity index (χ0v) is 18.0. The lowest BCUT2D eigenvalue weighted by Gasteiger charge is -2.32. The lowest BCUT2D eigenvalue weighted by molar-refractivity contribution is -0.129. The molecule has 0 aliphatic heterocycles. The molecular weight excluding hydrogens is 410 g/mol. The number of rotatable bonds is 22. The normalized spacial score (nSPS) is 12.2. The highest BCUT2D eigenvalue weighted by Gasteiger charge is 2.34. The second kappa shape index (κ2) is 20.7. The molecule has 0 N–H and O–H groups in total. The van der Waals surface area contributed by atoms with E-state index in [1.165, 1.54) is 0 Å². The quantitative estimate of drug-likeness (QED) is 0.106. The monoisotopic (exact) mass is 441 g/mol. The fourth-order valence-corrected chi connectivity index (χ4v) is 2.53. The molecular formula is C17H31N9O5. The third-order valence-corrected chi connectivity index (χ3v) is 3.87. The van der Waals surface area contributed by atoms with E-state index in [-0.39, 0.29) is 77.9 Å². The van der Waals surface area contributed by atoms with Crippen LogP contribution >= 0.6 is 0 Å². The summed E-state index contributed by atoms with van der Waals surface area (Å²) in [5.74, 6) is -0.0351. The highest BCUT2D eigenvalue weighted by atomic mass is 16.5. The number of nitrogens with zero attached hydrogens (tertiary/aromatic N) is 9. The molecule has 14 heteroatoms. The molecule has 0 rings (SSSR count). The molecule has 0 spiro atoms. The van der Waals surface area contributed by atoms with Gasteiger partial charge in [-0.1, -0.05) is 22.3 Å². The Bertz CT molecular complexity index is 565. The maximum Gasteiger partial charge on any atom is 0.136 e. The van der Waals surface area contributed by atoms with Gasteiger partial charge < -0.3 is 18.9 Å². The predicted molar refractivity (Wildman–Crippen MR) is 112 cm³/mol. The standard InChI is InChI=1S/C17H31N9O5/c1-2-7-28-8-3-16(27)12-17(13-29-9-4-21-24-18,14-30-10-5-22-25-19)15-31-11-6-23-26-20/h2-15H2,1H3. The lowest BCUT2D eigenvalue weighted by Crippen LogP contribution is -2.40. The molecule has 0 saturated carbocycles. The van der Waals surface area contributed by atoms with Gasteiger partial charge >= 0.3 is 0 Å². The molecule has 0 aromatic heterocycles. The van der Waals surface area contributed by atoms with Gasteiger partial charge in [0.1, 0.15) is 5.78 Å². The molecule has 31 heavy (non-hydrogen) atoms. The van der Waals surface area contributed by atoms with Gasteiger partial charge in [-0.25, -0.2) is 0 Å². The number of ether oxygens (including phenoxy) is 4. The van der Waals surface area contributed by atoms with Crippen molar-refractivity contribution in [1.82, 2.24) is 0 Å². The first kappa shape index (κ1) is 28.4. The Morgan fingerprint density at radius 3 is 1.58 bits per heavy atom. The minimum Gasteiger partial charge on any atom is -0.381 e. The third-order valence-electron chi connectivity index (χ3n) is 3.87. The van der Waals surface area contributed by atoms with Crippen molar-refractivity contribution >= 4 is 5.78 Å². The summed E-state index contributed by atoms with van der Waals surface area (Å²) in [5, 5.41) is 10.3. The van der Waals surface area contributed by atoms with E-state index in [0.717, 1.165) is 6.42 Å². The van der Waals surface area contributed by atoms with Crippen LogP contribution < -0.4 is 0 Å². The van der Waals surface area contributed by atoms with E-state index in [9.17, 15) is 4.79 Å². The molecule has 0 heterocycles. The van der Waals surface area contributed by atoms with Crippen LogP contribution in [0, 0.1) is 5.41 Å². The van der Waals surface area contributed by atoms with E-state index in [0.29, 0.717) is 13.2 Å². The maximum absolute atomic E-state index is 12.6. The summed E-state index contributed by atoms with van der Waals surface area (Å²) in [6, 6.07) is 0. The van der Waals surface area contributed by atoms with Crippen LogP contribution in [0.2, 0.25) is 0 Å². The third kappa shape index (κ3) is 16.9. The molecule has 0 fully saturated rings. The number of hydrogen-bond donors (Lipinski definition) is 0. The molecule has 0 aromatic carbocycles. The Balaban J connectivity index is 5.10. The summed E-state index contributed by atoms with van der Waals surface area (Å²) in [7, 11) is 0. The van der Waals surface area contributed by atoms with Crippen LogP contribution in [0.15, 0.2) is 15.3 Å². The van der Waals surface area contributed by atoms with Crippen LogP contribution in [0.25, 0.3) is 31.3 Å². The first-order valence-electron chi connectivity index (χ1n) is 9.99. The zero-order valence-electron chi connectivity index (χ0n) is 18.0. The van der Waals surface area contributed by atoms with Crippen molar-refractivity contribution in [3.05, 3.63) is 31.3 Å². The van der Waals surface area contributed by atoms with E-state index in [4.69, 9.17) is 35.5 Å². The van der Waals surface area contributed by atoms with Crippen molar-refractivity contribution in [1.29, 1.82) is 0 Å². The summed E-state index contributed by atoms with van der Waals surface area (Å²) < 4.78 is 22.3. The number of hydrogen-bond acceptors (Lipinski definition) is 8. The molecule has 0 saturated heterocycles. The van der Waals surface area contributed by atoms with Gasteiger partial charge in [0.05, 0.1) is 46.2 Å². The van der Waals surface area contributed by atoms with Crippen molar-refractivity contribution in [2.75, 3.05) is 72.5 Å². The van der Waals surface area contributed by atoms with Gasteiger partial charge in [-0.2, -0.15) is 0 Å². The smallest absolute Gasteiger partial charge is 0.136 e.